The minimum absolute atomic E-state index is 0.139. The van der Waals surface area contributed by atoms with Gasteiger partial charge in [0.1, 0.15) is 11.7 Å². The van der Waals surface area contributed by atoms with Gasteiger partial charge in [-0.05, 0) is 93.2 Å². The summed E-state index contributed by atoms with van der Waals surface area (Å²) in [6, 6.07) is 52.3. The average molecular weight is 668 g/mol. The molecule has 0 bridgehead atoms. The lowest BCUT2D eigenvalue weighted by Crippen LogP contribution is -2.21. The summed E-state index contributed by atoms with van der Waals surface area (Å²) in [6.07, 6.45) is 11.9. The van der Waals surface area contributed by atoms with E-state index in [0.717, 1.165) is 46.2 Å². The van der Waals surface area contributed by atoms with Crippen LogP contribution in [0.4, 0.5) is 0 Å². The third-order valence-corrected chi connectivity index (χ3v) is 10.2. The van der Waals surface area contributed by atoms with Crippen molar-refractivity contribution in [3.63, 3.8) is 0 Å². The maximum atomic E-state index is 5.26. The highest BCUT2D eigenvalue weighted by Gasteiger charge is 2.25. The Bertz CT molecular complexity index is 2690. The molecule has 52 heavy (non-hydrogen) atoms. The highest BCUT2D eigenvalue weighted by atomic mass is 15.2. The normalized spacial score (nSPS) is 15.0. The summed E-state index contributed by atoms with van der Waals surface area (Å²) in [6.45, 7) is 0.874. The molecule has 5 nitrogen and oxygen atoms in total. The lowest BCUT2D eigenvalue weighted by molar-refractivity contribution is 0.550. The van der Waals surface area contributed by atoms with Crippen LogP contribution in [0, 0.1) is 0 Å². The van der Waals surface area contributed by atoms with E-state index in [4.69, 9.17) is 9.98 Å². The number of benzene rings is 5. The van der Waals surface area contributed by atoms with Gasteiger partial charge >= 0.3 is 0 Å². The number of hydrogen-bond acceptors (Lipinski definition) is 4. The molecule has 8 aromatic rings. The van der Waals surface area contributed by atoms with Gasteiger partial charge in [0.25, 0.3) is 0 Å². The van der Waals surface area contributed by atoms with E-state index in [1.807, 2.05) is 30.6 Å². The van der Waals surface area contributed by atoms with E-state index in [2.05, 4.69) is 166 Å². The standard InChI is InChI=1S/C47H33N5/c1-3-10-35(11-4-1)46-40-29-39-28-37(32-17-19-33(20-18-32)42-31-51-27-8-7-15-44(51)50-42)21-22-38(39)30-43(40)52(47(46)36-12-5-2-6-13-36)45-16-9-14-41(49-45)34-23-25-48-26-24-34/h1-30,42H,31H2. The number of hydrogen-bond donors (Lipinski definition) is 0. The van der Waals surface area contributed by atoms with E-state index in [1.54, 1.807) is 0 Å². The number of allylic oxidation sites excluding steroid dienone is 2. The van der Waals surface area contributed by atoms with E-state index < -0.39 is 0 Å². The van der Waals surface area contributed by atoms with Crippen LogP contribution in [0.2, 0.25) is 0 Å². The average Bonchev–Trinajstić information content (AvgIpc) is 3.80. The highest BCUT2D eigenvalue weighted by Crippen LogP contribution is 2.44. The zero-order chi connectivity index (χ0) is 34.4. The number of aliphatic imine (C=N–C) groups is 1. The third kappa shape index (κ3) is 5.22. The van der Waals surface area contributed by atoms with E-state index in [0.29, 0.717) is 0 Å². The van der Waals surface area contributed by atoms with Gasteiger partial charge in [0.15, 0.2) is 0 Å². The smallest absolute Gasteiger partial charge is 0.138 e. The van der Waals surface area contributed by atoms with Crippen molar-refractivity contribution in [3.8, 4) is 50.6 Å². The van der Waals surface area contributed by atoms with Crippen molar-refractivity contribution in [1.82, 2.24) is 19.4 Å². The molecule has 2 aliphatic rings. The first-order chi connectivity index (χ1) is 25.8. The van der Waals surface area contributed by atoms with Crippen molar-refractivity contribution in [2.75, 3.05) is 6.54 Å². The summed E-state index contributed by atoms with van der Waals surface area (Å²) >= 11 is 0. The molecule has 5 aromatic carbocycles. The molecular weight excluding hydrogens is 635 g/mol. The predicted octanol–water partition coefficient (Wildman–Crippen LogP) is 11.1. The minimum atomic E-state index is 0.139. The van der Waals surface area contributed by atoms with Crippen LogP contribution in [0.15, 0.2) is 187 Å². The molecule has 246 valence electrons. The Labute approximate surface area is 302 Å². The lowest BCUT2D eigenvalue weighted by atomic mass is 9.95. The molecule has 5 heterocycles. The van der Waals surface area contributed by atoms with Gasteiger partial charge in [0, 0.05) is 35.1 Å². The number of pyridine rings is 2. The Hall–Kier alpha value is -6.85. The van der Waals surface area contributed by atoms with Crippen LogP contribution in [0.3, 0.4) is 0 Å². The van der Waals surface area contributed by atoms with Gasteiger partial charge < -0.3 is 4.90 Å². The molecule has 0 fully saturated rings. The van der Waals surface area contributed by atoms with Gasteiger partial charge in [0.05, 0.1) is 29.5 Å². The van der Waals surface area contributed by atoms with Crippen LogP contribution in [-0.4, -0.2) is 31.8 Å². The van der Waals surface area contributed by atoms with Crippen LogP contribution >= 0.6 is 0 Å². The second-order valence-electron chi connectivity index (χ2n) is 13.3. The molecule has 0 radical (unpaired) electrons. The van der Waals surface area contributed by atoms with Gasteiger partial charge in [-0.15, -0.1) is 0 Å². The van der Waals surface area contributed by atoms with Crippen molar-refractivity contribution < 1.29 is 0 Å². The van der Waals surface area contributed by atoms with Crippen LogP contribution in [0.25, 0.3) is 72.3 Å². The van der Waals surface area contributed by atoms with Crippen molar-refractivity contribution in [3.05, 3.63) is 188 Å². The second kappa shape index (κ2) is 12.5. The highest BCUT2D eigenvalue weighted by molar-refractivity contribution is 6.11. The van der Waals surface area contributed by atoms with Crippen LogP contribution in [0.1, 0.15) is 11.6 Å². The lowest BCUT2D eigenvalue weighted by Gasteiger charge is -2.16. The fourth-order valence-electron chi connectivity index (χ4n) is 7.65. The van der Waals surface area contributed by atoms with Crippen molar-refractivity contribution in [2.24, 2.45) is 4.99 Å². The molecule has 2 aliphatic heterocycles. The van der Waals surface area contributed by atoms with E-state index in [-0.39, 0.29) is 6.04 Å². The fraction of sp³-hybridized carbons (Fsp3) is 0.0426. The quantitative estimate of drug-likeness (QED) is 0.177. The summed E-state index contributed by atoms with van der Waals surface area (Å²) in [7, 11) is 0. The topological polar surface area (TPSA) is 46.3 Å². The first-order valence-corrected chi connectivity index (χ1v) is 17.7. The number of rotatable bonds is 6. The van der Waals surface area contributed by atoms with Crippen LogP contribution in [-0.2, 0) is 0 Å². The van der Waals surface area contributed by atoms with E-state index in [1.165, 1.54) is 44.0 Å². The molecule has 1 atom stereocenters. The summed E-state index contributed by atoms with van der Waals surface area (Å²) in [5.74, 6) is 1.90. The maximum Gasteiger partial charge on any atom is 0.138 e. The molecule has 0 saturated carbocycles. The zero-order valence-electron chi connectivity index (χ0n) is 28.3. The largest absolute Gasteiger partial charge is 0.331 e. The van der Waals surface area contributed by atoms with Crippen molar-refractivity contribution in [2.45, 2.75) is 6.04 Å². The number of nitrogens with zero attached hydrogens (tertiary/aromatic N) is 5. The summed E-state index contributed by atoms with van der Waals surface area (Å²) in [5.41, 5.74) is 11.3. The molecule has 5 heteroatoms. The SMILES string of the molecule is C1=CC2=NC(c3ccc(-c4ccc5cc6c(cc5c4)c(-c4ccccc4)c(-c4ccccc4)n6-c4cccc(-c5ccncc5)n4)cc3)CN2C=C1. The molecule has 0 amide bonds. The molecule has 0 aliphatic carbocycles. The van der Waals surface area contributed by atoms with Crippen molar-refractivity contribution in [1.29, 1.82) is 0 Å². The number of amidine groups is 1. The van der Waals surface area contributed by atoms with E-state index >= 15 is 0 Å². The monoisotopic (exact) mass is 667 g/mol. The Balaban J connectivity index is 1.14. The van der Waals surface area contributed by atoms with Gasteiger partial charge in [-0.1, -0.05) is 109 Å². The first kappa shape index (κ1) is 30.0. The minimum Gasteiger partial charge on any atom is -0.331 e. The first-order valence-electron chi connectivity index (χ1n) is 17.7. The molecule has 3 aromatic heterocycles. The Kier molecular flexibility index (Phi) is 7.21. The Morgan fingerprint density at radius 1 is 0.577 bits per heavy atom. The van der Waals surface area contributed by atoms with Crippen LogP contribution < -0.4 is 0 Å². The second-order valence-corrected chi connectivity index (χ2v) is 13.3. The Morgan fingerprint density at radius 3 is 2.13 bits per heavy atom. The third-order valence-electron chi connectivity index (χ3n) is 10.2. The maximum absolute atomic E-state index is 5.26. The summed E-state index contributed by atoms with van der Waals surface area (Å²) in [4.78, 5) is 16.7. The molecule has 0 spiro atoms. The number of aromatic nitrogens is 3. The molecule has 1 unspecified atom stereocenters. The summed E-state index contributed by atoms with van der Waals surface area (Å²) < 4.78 is 2.34. The van der Waals surface area contributed by atoms with E-state index in [9.17, 15) is 0 Å². The molecule has 0 saturated heterocycles. The van der Waals surface area contributed by atoms with Crippen molar-refractivity contribution >= 4 is 27.5 Å². The number of fused-ring (bicyclic) bond motifs is 3. The van der Waals surface area contributed by atoms with Gasteiger partial charge in [-0.25, -0.2) is 4.98 Å². The van der Waals surface area contributed by atoms with Gasteiger partial charge in [-0.2, -0.15) is 0 Å². The van der Waals surface area contributed by atoms with Gasteiger partial charge in [-0.3, -0.25) is 14.5 Å². The van der Waals surface area contributed by atoms with Gasteiger partial charge in [0.2, 0.25) is 0 Å². The predicted molar refractivity (Wildman–Crippen MR) is 213 cm³/mol. The fourth-order valence-corrected chi connectivity index (χ4v) is 7.65. The molecular formula is C47H33N5. The Morgan fingerprint density at radius 2 is 1.35 bits per heavy atom. The molecule has 0 N–H and O–H groups in total. The summed E-state index contributed by atoms with van der Waals surface area (Å²) in [5, 5.41) is 3.55. The van der Waals surface area contributed by atoms with Crippen LogP contribution in [0.5, 0.6) is 0 Å². The molecule has 10 rings (SSSR count). The zero-order valence-corrected chi connectivity index (χ0v) is 28.3.